The number of benzene rings is 2. The molecule has 2 aromatic carbocycles. The molecule has 2 aromatic heterocycles. The molecule has 1 saturated heterocycles. The number of rotatable bonds is 10. The fourth-order valence-electron chi connectivity index (χ4n) is 5.20. The van der Waals surface area contributed by atoms with E-state index in [0.29, 0.717) is 10.7 Å². The summed E-state index contributed by atoms with van der Waals surface area (Å²) in [6.07, 6.45) is -1.72. The molecule has 2 unspecified atom stereocenters. The predicted octanol–water partition coefficient (Wildman–Crippen LogP) is 4.11. The largest absolute Gasteiger partial charge is 0.394 e. The van der Waals surface area contributed by atoms with Gasteiger partial charge in [-0.2, -0.15) is 0 Å². The number of ketones is 1. The van der Waals surface area contributed by atoms with Crippen molar-refractivity contribution in [2.45, 2.75) is 50.4 Å². The van der Waals surface area contributed by atoms with E-state index >= 15 is 0 Å². The molecule has 0 amide bonds. The van der Waals surface area contributed by atoms with Gasteiger partial charge in [0, 0.05) is 28.4 Å². The molecule has 2 N–H and O–H groups in total. The van der Waals surface area contributed by atoms with E-state index in [-0.39, 0.29) is 30.1 Å². The Morgan fingerprint density at radius 2 is 1.86 bits per heavy atom. The Hall–Kier alpha value is -3.68. The highest BCUT2D eigenvalue weighted by Gasteiger charge is 2.49. The van der Waals surface area contributed by atoms with E-state index in [4.69, 9.17) is 21.1 Å². The predicted molar refractivity (Wildman–Crippen MR) is 148 cm³/mol. The Morgan fingerprint density at radius 1 is 1.14 bits per heavy atom. The summed E-state index contributed by atoms with van der Waals surface area (Å²) in [7, 11) is 0. The number of Topliss-reactive ketones (excluding diaryl/α,β-unsaturated/α-hetero) is 1. The van der Waals surface area contributed by atoms with Crippen LogP contribution in [0.5, 0.6) is 0 Å². The van der Waals surface area contributed by atoms with E-state index in [9.17, 15) is 28.2 Å². The molecule has 1 aliphatic heterocycles. The summed E-state index contributed by atoms with van der Waals surface area (Å²) in [5.41, 5.74) is 1.22. The highest BCUT2D eigenvalue weighted by Crippen LogP contribution is 2.38. The van der Waals surface area contributed by atoms with Crippen LogP contribution in [0.1, 0.15) is 24.2 Å². The molecule has 3 heterocycles. The van der Waals surface area contributed by atoms with Gasteiger partial charge in [0.15, 0.2) is 23.2 Å². The summed E-state index contributed by atoms with van der Waals surface area (Å²) in [6.45, 7) is 1.17. The lowest BCUT2D eigenvalue weighted by molar-refractivity contribution is -0.214. The van der Waals surface area contributed by atoms with Gasteiger partial charge in [0.05, 0.1) is 38.0 Å². The first-order valence-corrected chi connectivity index (χ1v) is 13.8. The van der Waals surface area contributed by atoms with Crippen LogP contribution >= 0.6 is 11.6 Å². The van der Waals surface area contributed by atoms with E-state index in [0.717, 1.165) is 17.7 Å². The lowest BCUT2D eigenvalue weighted by Gasteiger charge is -2.45. The van der Waals surface area contributed by atoms with Gasteiger partial charge in [0.1, 0.15) is 24.0 Å². The lowest BCUT2D eigenvalue weighted by Crippen LogP contribution is -2.57. The number of hydrogen-bond donors (Lipinski definition) is 2. The Morgan fingerprint density at radius 3 is 2.51 bits per heavy atom. The normalized spacial score (nSPS) is 22.8. The van der Waals surface area contributed by atoms with E-state index in [2.05, 4.69) is 15.3 Å². The second-order valence-electron chi connectivity index (χ2n) is 10.3. The Kier molecular flexibility index (Phi) is 9.52. The van der Waals surface area contributed by atoms with Crippen LogP contribution < -0.4 is 0 Å². The van der Waals surface area contributed by atoms with Gasteiger partial charge in [-0.05, 0) is 42.0 Å². The smallest absolute Gasteiger partial charge is 0.194 e. The van der Waals surface area contributed by atoms with E-state index in [1.165, 1.54) is 10.9 Å². The Bertz CT molecular complexity index is 1540. The van der Waals surface area contributed by atoms with E-state index in [1.807, 2.05) is 0 Å². The molecular weight excluding hydrogens is 589 g/mol. The molecule has 0 aliphatic carbocycles. The molecule has 5 rings (SSSR count). The zero-order valence-electron chi connectivity index (χ0n) is 22.9. The van der Waals surface area contributed by atoms with Crippen molar-refractivity contribution >= 4 is 17.4 Å². The third-order valence-corrected chi connectivity index (χ3v) is 7.69. The summed E-state index contributed by atoms with van der Waals surface area (Å²) < 4.78 is 54.8. The summed E-state index contributed by atoms with van der Waals surface area (Å²) >= 11 is 6.00. The highest BCUT2D eigenvalue weighted by atomic mass is 35.5. The molecule has 13 heteroatoms. The van der Waals surface area contributed by atoms with Crippen LogP contribution in [0.3, 0.4) is 0 Å². The number of carbonyl (C=O) groups is 1. The lowest BCUT2D eigenvalue weighted by atomic mass is 9.82. The number of pyridine rings is 1. The molecule has 0 saturated carbocycles. The number of hydrogen-bond acceptors (Lipinski definition) is 8. The molecule has 1 fully saturated rings. The molecule has 9 nitrogen and oxygen atoms in total. The maximum Gasteiger partial charge on any atom is 0.194 e. The first kappa shape index (κ1) is 30.8. The first-order chi connectivity index (χ1) is 20.7. The van der Waals surface area contributed by atoms with Crippen molar-refractivity contribution in [1.82, 2.24) is 20.0 Å². The molecule has 43 heavy (non-hydrogen) atoms. The van der Waals surface area contributed by atoms with Crippen molar-refractivity contribution in [3.05, 3.63) is 101 Å². The van der Waals surface area contributed by atoms with Crippen LogP contribution in [-0.4, -0.2) is 67.0 Å². The van der Waals surface area contributed by atoms with Crippen molar-refractivity contribution in [1.29, 1.82) is 0 Å². The van der Waals surface area contributed by atoms with Crippen molar-refractivity contribution in [2.75, 3.05) is 6.61 Å². The zero-order valence-corrected chi connectivity index (χ0v) is 23.6. The van der Waals surface area contributed by atoms with Crippen LogP contribution in [0.15, 0.2) is 67.0 Å². The summed E-state index contributed by atoms with van der Waals surface area (Å²) in [5.74, 6) is -5.39. The second-order valence-corrected chi connectivity index (χ2v) is 10.8. The van der Waals surface area contributed by atoms with Crippen LogP contribution in [0, 0.1) is 23.4 Å². The van der Waals surface area contributed by atoms with Gasteiger partial charge < -0.3 is 19.7 Å². The monoisotopic (exact) mass is 616 g/mol. The molecule has 6 atom stereocenters. The van der Waals surface area contributed by atoms with Crippen LogP contribution in [-0.2, 0) is 27.3 Å². The number of nitrogens with zero attached hydrogens (tertiary/aromatic N) is 4. The average molecular weight is 617 g/mol. The van der Waals surface area contributed by atoms with Crippen molar-refractivity contribution in [3.63, 3.8) is 0 Å². The maximum atomic E-state index is 13.9. The molecular formula is C30H28ClF3N4O5. The van der Waals surface area contributed by atoms with Gasteiger partial charge in [-0.1, -0.05) is 41.9 Å². The van der Waals surface area contributed by atoms with Gasteiger partial charge in [-0.3, -0.25) is 9.78 Å². The van der Waals surface area contributed by atoms with Crippen LogP contribution in [0.25, 0.3) is 11.3 Å². The SMILES string of the molecule is CC1[C@H]([C@H](OCc2ccc(Cl)cc2)C(=O)Cc2ccccn2)OC(CO)[C@H](O)[C@@H]1n1cc(-c2cc(F)c(F)c(F)c2)nn1. The van der Waals surface area contributed by atoms with Crippen molar-refractivity contribution < 1.29 is 37.7 Å². The van der Waals surface area contributed by atoms with Gasteiger partial charge in [0.2, 0.25) is 0 Å². The summed E-state index contributed by atoms with van der Waals surface area (Å²) in [4.78, 5) is 17.9. The van der Waals surface area contributed by atoms with Gasteiger partial charge >= 0.3 is 0 Å². The van der Waals surface area contributed by atoms with Crippen molar-refractivity contribution in [2.24, 2.45) is 5.92 Å². The minimum absolute atomic E-state index is 0.0163. The van der Waals surface area contributed by atoms with Gasteiger partial charge in [0.25, 0.3) is 0 Å². The maximum absolute atomic E-state index is 13.9. The van der Waals surface area contributed by atoms with Gasteiger partial charge in [-0.25, -0.2) is 17.9 Å². The van der Waals surface area contributed by atoms with E-state index < -0.39 is 60.4 Å². The minimum Gasteiger partial charge on any atom is -0.394 e. The third-order valence-electron chi connectivity index (χ3n) is 7.43. The van der Waals surface area contributed by atoms with Crippen LogP contribution in [0.2, 0.25) is 5.02 Å². The number of carbonyl (C=O) groups excluding carboxylic acids is 1. The zero-order chi connectivity index (χ0) is 30.7. The second kappa shape index (κ2) is 13.3. The fourth-order valence-corrected chi connectivity index (χ4v) is 5.33. The fraction of sp³-hybridized carbons (Fsp3) is 0.333. The van der Waals surface area contributed by atoms with Crippen molar-refractivity contribution in [3.8, 4) is 11.3 Å². The number of halogens is 4. The highest BCUT2D eigenvalue weighted by molar-refractivity contribution is 6.30. The number of aromatic nitrogens is 4. The first-order valence-electron chi connectivity index (χ1n) is 13.5. The third kappa shape index (κ3) is 6.78. The minimum atomic E-state index is -1.61. The number of aliphatic hydroxyl groups excluding tert-OH is 2. The van der Waals surface area contributed by atoms with Crippen LogP contribution in [0.4, 0.5) is 13.2 Å². The van der Waals surface area contributed by atoms with Gasteiger partial charge in [-0.15, -0.1) is 5.10 Å². The topological polar surface area (TPSA) is 120 Å². The number of ether oxygens (including phenoxy) is 2. The summed E-state index contributed by atoms with van der Waals surface area (Å²) in [6, 6.07) is 12.8. The average Bonchev–Trinajstić information content (AvgIpc) is 3.48. The summed E-state index contributed by atoms with van der Waals surface area (Å²) in [5, 5.41) is 29.8. The quantitative estimate of drug-likeness (QED) is 0.256. The molecule has 4 aromatic rings. The standard InChI is InChI=1S/C30H28ClF3N4O5/c1-16-27(38-13-23(36-37-38)18-10-21(32)26(34)22(33)11-18)28(41)25(14-39)43-29(16)30(24(40)12-20-4-2-3-9-35-20)42-15-17-5-7-19(31)8-6-17/h2-11,13,16,25,27-30,39,41H,12,14-15H2,1H3/t16?,25?,27-,28+,29-,30-/m1/s1. The Labute approximate surface area is 249 Å². The van der Waals surface area contributed by atoms with E-state index in [1.54, 1.807) is 55.6 Å². The molecule has 0 radical (unpaired) electrons. The molecule has 226 valence electrons. The molecule has 0 bridgehead atoms. The molecule has 0 spiro atoms. The number of aliphatic hydroxyl groups is 2. The molecule has 1 aliphatic rings. The Balaban J connectivity index is 1.46.